The van der Waals surface area contributed by atoms with E-state index in [4.69, 9.17) is 0 Å². The van der Waals surface area contributed by atoms with Crippen LogP contribution in [0, 0.1) is 11.8 Å². The lowest BCUT2D eigenvalue weighted by atomic mass is 10.1. The molecular weight excluding hydrogens is 380 g/mol. The van der Waals surface area contributed by atoms with E-state index in [2.05, 4.69) is 23.7 Å². The van der Waals surface area contributed by atoms with E-state index in [1.54, 1.807) is 36.0 Å². The average molecular weight is 392 g/mol. The van der Waals surface area contributed by atoms with Gasteiger partial charge in [-0.25, -0.2) is 4.39 Å². The predicted octanol–water partition coefficient (Wildman–Crippen LogP) is 5.08. The number of alkyl halides is 3. The number of hydrogen-bond acceptors (Lipinski definition) is 2. The summed E-state index contributed by atoms with van der Waals surface area (Å²) in [5, 5.41) is 3.05. The third-order valence-electron chi connectivity index (χ3n) is 3.70. The molecule has 0 atom stereocenters. The van der Waals surface area contributed by atoms with Crippen molar-refractivity contribution in [2.45, 2.75) is 6.18 Å². The molecule has 138 valence electrons. The molecule has 1 aromatic carbocycles. The lowest BCUT2D eigenvalue weighted by Gasteiger charge is -2.04. The molecule has 3 rings (SSSR count). The van der Waals surface area contributed by atoms with E-state index in [1.165, 1.54) is 6.07 Å². The first-order chi connectivity index (χ1) is 12.6. The van der Waals surface area contributed by atoms with Gasteiger partial charge in [0.25, 0.3) is 5.91 Å². The number of carbonyl (C=O) groups excluding carboxylic acids is 1. The van der Waals surface area contributed by atoms with Crippen LogP contribution < -0.4 is 5.32 Å². The molecule has 0 bridgehead atoms. The SMILES string of the molecule is C=C(F)C(=O)Nc1ccc2c(c1)c(C#Cc1ccc(C(F)(F)F)s1)cn2C. The maximum Gasteiger partial charge on any atom is 0.425 e. The molecule has 0 aliphatic carbocycles. The van der Waals surface area contributed by atoms with Gasteiger partial charge in [-0.05, 0) is 30.3 Å². The fourth-order valence-electron chi connectivity index (χ4n) is 2.45. The first kappa shape index (κ1) is 18.7. The molecule has 2 heterocycles. The molecule has 0 spiro atoms. The van der Waals surface area contributed by atoms with Crippen molar-refractivity contribution in [3.05, 3.63) is 64.3 Å². The van der Waals surface area contributed by atoms with Gasteiger partial charge in [-0.1, -0.05) is 18.4 Å². The molecule has 8 heteroatoms. The summed E-state index contributed by atoms with van der Waals surface area (Å²) in [6.45, 7) is 2.93. The Hall–Kier alpha value is -3.05. The molecule has 27 heavy (non-hydrogen) atoms. The summed E-state index contributed by atoms with van der Waals surface area (Å²) >= 11 is 0.572. The number of hydrogen-bond donors (Lipinski definition) is 1. The number of fused-ring (bicyclic) bond motifs is 1. The number of aromatic nitrogens is 1. The monoisotopic (exact) mass is 392 g/mol. The van der Waals surface area contributed by atoms with Crippen molar-refractivity contribution >= 4 is 33.8 Å². The number of halogens is 4. The van der Waals surface area contributed by atoms with E-state index in [0.717, 1.165) is 11.6 Å². The zero-order valence-corrected chi connectivity index (χ0v) is 14.8. The summed E-state index contributed by atoms with van der Waals surface area (Å²) in [7, 11) is 1.79. The second-order valence-electron chi connectivity index (χ2n) is 5.66. The first-order valence-corrected chi connectivity index (χ1v) is 8.40. The Kier molecular flexibility index (Phi) is 4.81. The second-order valence-corrected chi connectivity index (χ2v) is 6.74. The maximum atomic E-state index is 12.9. The number of nitrogens with one attached hydrogen (secondary N) is 1. The molecule has 0 fully saturated rings. The quantitative estimate of drug-likeness (QED) is 0.368. The Morgan fingerprint density at radius 2 is 1.96 bits per heavy atom. The Labute approximate surface area is 155 Å². The number of carbonyl (C=O) groups is 1. The topological polar surface area (TPSA) is 34.0 Å². The molecule has 0 aliphatic rings. The molecule has 1 N–H and O–H groups in total. The minimum absolute atomic E-state index is 0.289. The van der Waals surface area contributed by atoms with Gasteiger partial charge < -0.3 is 9.88 Å². The van der Waals surface area contributed by atoms with E-state index in [9.17, 15) is 22.4 Å². The fraction of sp³-hybridized carbons (Fsp3) is 0.105. The van der Waals surface area contributed by atoms with Crippen LogP contribution in [0.2, 0.25) is 0 Å². The summed E-state index contributed by atoms with van der Waals surface area (Å²) in [5.74, 6) is 3.53. The zero-order chi connectivity index (χ0) is 19.8. The van der Waals surface area contributed by atoms with Crippen LogP contribution in [-0.4, -0.2) is 10.5 Å². The van der Waals surface area contributed by atoms with Crippen molar-refractivity contribution in [1.82, 2.24) is 4.57 Å². The predicted molar refractivity (Wildman–Crippen MR) is 97.1 cm³/mol. The van der Waals surface area contributed by atoms with E-state index in [0.29, 0.717) is 28.0 Å². The van der Waals surface area contributed by atoms with Gasteiger partial charge in [0.1, 0.15) is 4.88 Å². The lowest BCUT2D eigenvalue weighted by molar-refractivity contribution is -0.134. The highest BCUT2D eigenvalue weighted by Gasteiger charge is 2.32. The summed E-state index contributed by atoms with van der Waals surface area (Å²) in [5.41, 5.74) is 1.74. The maximum absolute atomic E-state index is 12.9. The number of thiophene rings is 1. The van der Waals surface area contributed by atoms with Gasteiger partial charge in [0, 0.05) is 29.8 Å². The van der Waals surface area contributed by atoms with Gasteiger partial charge in [-0.3, -0.25) is 4.79 Å². The summed E-state index contributed by atoms with van der Waals surface area (Å²) in [6, 6.07) is 7.27. The van der Waals surface area contributed by atoms with E-state index in [1.807, 2.05) is 0 Å². The Morgan fingerprint density at radius 3 is 2.59 bits per heavy atom. The van der Waals surface area contributed by atoms with E-state index in [-0.39, 0.29) is 4.88 Å². The number of benzene rings is 1. The van der Waals surface area contributed by atoms with E-state index < -0.39 is 22.8 Å². The molecule has 0 saturated heterocycles. The average Bonchev–Trinajstić information content (AvgIpc) is 3.18. The minimum atomic E-state index is -4.39. The minimum Gasteiger partial charge on any atom is -0.349 e. The van der Waals surface area contributed by atoms with Crippen molar-refractivity contribution < 1.29 is 22.4 Å². The van der Waals surface area contributed by atoms with Gasteiger partial charge in [0.05, 0.1) is 10.4 Å². The third kappa shape index (κ3) is 4.04. The highest BCUT2D eigenvalue weighted by Crippen LogP contribution is 2.34. The number of anilines is 1. The second kappa shape index (κ2) is 6.93. The lowest BCUT2D eigenvalue weighted by Crippen LogP contribution is -2.10. The van der Waals surface area contributed by atoms with Crippen molar-refractivity contribution in [3.8, 4) is 11.8 Å². The van der Waals surface area contributed by atoms with Crippen LogP contribution in [0.1, 0.15) is 15.3 Å². The molecule has 0 aliphatic heterocycles. The van der Waals surface area contributed by atoms with Gasteiger partial charge in [0.2, 0.25) is 0 Å². The molecule has 0 radical (unpaired) electrons. The highest BCUT2D eigenvalue weighted by atomic mass is 32.1. The Balaban J connectivity index is 1.96. The highest BCUT2D eigenvalue weighted by molar-refractivity contribution is 7.12. The Bertz CT molecular complexity index is 1110. The van der Waals surface area contributed by atoms with Crippen LogP contribution in [0.15, 0.2) is 48.9 Å². The number of amides is 1. The van der Waals surface area contributed by atoms with Crippen molar-refractivity contribution in [2.75, 3.05) is 5.32 Å². The van der Waals surface area contributed by atoms with Crippen molar-refractivity contribution in [2.24, 2.45) is 7.05 Å². The van der Waals surface area contributed by atoms with Crippen molar-refractivity contribution in [1.29, 1.82) is 0 Å². The molecular formula is C19H12F4N2OS. The first-order valence-electron chi connectivity index (χ1n) is 7.59. The number of nitrogens with zero attached hydrogens (tertiary/aromatic N) is 1. The van der Waals surface area contributed by atoms with Gasteiger partial charge in [0.15, 0.2) is 5.83 Å². The van der Waals surface area contributed by atoms with E-state index >= 15 is 0 Å². The van der Waals surface area contributed by atoms with Crippen LogP contribution in [0.4, 0.5) is 23.2 Å². The number of rotatable bonds is 2. The van der Waals surface area contributed by atoms with Crippen LogP contribution in [0.25, 0.3) is 10.9 Å². The van der Waals surface area contributed by atoms with Crippen LogP contribution in [0.3, 0.4) is 0 Å². The molecule has 3 nitrogen and oxygen atoms in total. The van der Waals surface area contributed by atoms with Crippen LogP contribution in [-0.2, 0) is 18.0 Å². The Morgan fingerprint density at radius 1 is 1.22 bits per heavy atom. The van der Waals surface area contributed by atoms with Gasteiger partial charge >= 0.3 is 6.18 Å². The summed E-state index contributed by atoms with van der Waals surface area (Å²) < 4.78 is 52.7. The molecule has 0 saturated carbocycles. The fourth-order valence-corrected chi connectivity index (χ4v) is 3.18. The molecule has 3 aromatic rings. The van der Waals surface area contributed by atoms with Crippen LogP contribution >= 0.6 is 11.3 Å². The molecule has 1 amide bonds. The third-order valence-corrected chi connectivity index (χ3v) is 4.74. The normalized spacial score (nSPS) is 11.1. The summed E-state index contributed by atoms with van der Waals surface area (Å²) in [4.78, 5) is 11.0. The number of aryl methyl sites for hydroxylation is 1. The summed E-state index contributed by atoms with van der Waals surface area (Å²) in [6.07, 6.45) is -2.66. The standard InChI is InChI=1S/C19H12F4N2OS/c1-11(20)18(26)24-13-4-7-16-15(9-13)12(10-25(16)2)3-5-14-6-8-17(27-14)19(21,22)23/h4,6-10H,1H2,2H3,(H,24,26). The largest absolute Gasteiger partial charge is 0.425 e. The van der Waals surface area contributed by atoms with Gasteiger partial charge in [-0.2, -0.15) is 13.2 Å². The zero-order valence-electron chi connectivity index (χ0n) is 13.9. The molecule has 0 unspecified atom stereocenters. The smallest absolute Gasteiger partial charge is 0.349 e. The molecule has 2 aromatic heterocycles. The van der Waals surface area contributed by atoms with Crippen LogP contribution in [0.5, 0.6) is 0 Å². The van der Waals surface area contributed by atoms with Crippen molar-refractivity contribution in [3.63, 3.8) is 0 Å². The van der Waals surface area contributed by atoms with Gasteiger partial charge in [-0.15, -0.1) is 11.3 Å².